The van der Waals surface area contributed by atoms with Crippen molar-refractivity contribution in [2.75, 3.05) is 11.3 Å². The van der Waals surface area contributed by atoms with E-state index in [9.17, 15) is 20.2 Å². The van der Waals surface area contributed by atoms with Gasteiger partial charge in [0.1, 0.15) is 0 Å². The van der Waals surface area contributed by atoms with Crippen LogP contribution in [0.3, 0.4) is 0 Å². The predicted octanol–water partition coefficient (Wildman–Crippen LogP) is -1.30. The van der Waals surface area contributed by atoms with Crippen LogP contribution >= 0.6 is 0 Å². The first-order valence-electron chi connectivity index (χ1n) is 3.12. The summed E-state index contributed by atoms with van der Waals surface area (Å²) >= 11 is 0. The highest BCUT2D eigenvalue weighted by Crippen LogP contribution is 2.30. The lowest BCUT2D eigenvalue weighted by Crippen LogP contribution is -2.15. The predicted molar refractivity (Wildman–Crippen MR) is 43.5 cm³/mol. The molecule has 0 radical (unpaired) electrons. The second kappa shape index (κ2) is 3.14. The van der Waals surface area contributed by atoms with Crippen LogP contribution in [-0.2, 0) is 0 Å². The number of hydrogen-bond acceptors (Lipinski definition) is 8. The largest absolute Gasteiger partial charge is 0.448 e. The molecule has 11 heteroatoms. The van der Waals surface area contributed by atoms with E-state index in [-0.39, 0.29) is 4.79 Å². The lowest BCUT2D eigenvalue weighted by molar-refractivity contribution is -0.393. The van der Waals surface area contributed by atoms with Gasteiger partial charge in [-0.15, -0.1) is 0 Å². The summed E-state index contributed by atoms with van der Waals surface area (Å²) in [5.41, 5.74) is 1.26. The maximum absolute atomic E-state index is 10.4. The molecule has 0 atom stereocenters. The van der Waals surface area contributed by atoms with E-state index < -0.39 is 27.2 Å². The van der Waals surface area contributed by atoms with E-state index in [1.165, 1.54) is 0 Å². The van der Waals surface area contributed by atoms with E-state index >= 15 is 0 Å². The average Bonchev–Trinajstić information content (AvgIpc) is 2.41. The molecule has 1 aromatic rings. The second-order valence-corrected chi connectivity index (χ2v) is 2.13. The van der Waals surface area contributed by atoms with Crippen molar-refractivity contribution >= 4 is 17.3 Å². The van der Waals surface area contributed by atoms with Gasteiger partial charge < -0.3 is 25.7 Å². The third-order valence-corrected chi connectivity index (χ3v) is 1.36. The van der Waals surface area contributed by atoms with E-state index in [2.05, 4.69) is 5.10 Å². The van der Waals surface area contributed by atoms with Crippen LogP contribution in [0.5, 0.6) is 0 Å². The van der Waals surface area contributed by atoms with Crippen molar-refractivity contribution in [3.8, 4) is 0 Å². The maximum Gasteiger partial charge on any atom is 0.448 e. The molecule has 0 saturated heterocycles. The van der Waals surface area contributed by atoms with Crippen molar-refractivity contribution in [2.45, 2.75) is 0 Å². The summed E-state index contributed by atoms with van der Waals surface area (Å²) in [6, 6.07) is 0. The Morgan fingerprint density at radius 2 is 1.93 bits per heavy atom. The van der Waals surface area contributed by atoms with Crippen molar-refractivity contribution in [2.24, 2.45) is 5.84 Å². The summed E-state index contributed by atoms with van der Waals surface area (Å²) in [5.74, 6) is 8.31. The molecular formula is C3H5N7O4. The van der Waals surface area contributed by atoms with Gasteiger partial charge in [-0.2, -0.15) is 0 Å². The smallest absolute Gasteiger partial charge is 0.358 e. The van der Waals surface area contributed by atoms with Crippen molar-refractivity contribution in [1.82, 2.24) is 9.89 Å². The Bertz CT molecular complexity index is 396. The molecule has 0 fully saturated rings. The van der Waals surface area contributed by atoms with Gasteiger partial charge in [0.15, 0.2) is 5.10 Å². The van der Waals surface area contributed by atoms with Gasteiger partial charge in [-0.05, 0) is 9.85 Å². The molecule has 5 N–H and O–H groups in total. The molecule has 14 heavy (non-hydrogen) atoms. The summed E-state index contributed by atoms with van der Waals surface area (Å²) in [6.45, 7) is 0. The number of nitrogens with one attached hydrogen (secondary N) is 1. The summed E-state index contributed by atoms with van der Waals surface area (Å²) in [5, 5.41) is 23.8. The van der Waals surface area contributed by atoms with Gasteiger partial charge in [-0.25, -0.2) is 11.7 Å². The fourth-order valence-electron chi connectivity index (χ4n) is 0.846. The molecule has 0 aliphatic carbocycles. The molecule has 11 nitrogen and oxygen atoms in total. The molecule has 0 unspecified atom stereocenters. The number of nitrogens with zero attached hydrogens (tertiary/aromatic N) is 4. The van der Waals surface area contributed by atoms with Crippen LogP contribution in [-0.4, -0.2) is 19.7 Å². The van der Waals surface area contributed by atoms with Crippen LogP contribution in [0.25, 0.3) is 0 Å². The number of nitro groups is 2. The molecular weight excluding hydrogens is 198 g/mol. The van der Waals surface area contributed by atoms with E-state index in [0.717, 1.165) is 0 Å². The molecule has 76 valence electrons. The van der Waals surface area contributed by atoms with E-state index in [1.807, 2.05) is 0 Å². The van der Waals surface area contributed by atoms with Gasteiger partial charge in [-0.3, -0.25) is 0 Å². The fourth-order valence-corrected chi connectivity index (χ4v) is 0.846. The van der Waals surface area contributed by atoms with Crippen molar-refractivity contribution in [3.63, 3.8) is 0 Å². The molecule has 0 amide bonds. The Morgan fingerprint density at radius 3 is 2.29 bits per heavy atom. The van der Waals surface area contributed by atoms with E-state index in [1.54, 1.807) is 5.43 Å². The van der Waals surface area contributed by atoms with Crippen LogP contribution in [0.4, 0.5) is 17.3 Å². The lowest BCUT2D eigenvalue weighted by atomic mass is 10.5. The zero-order valence-corrected chi connectivity index (χ0v) is 6.58. The Balaban J connectivity index is 3.43. The number of anilines is 1. The highest BCUT2D eigenvalue weighted by Gasteiger charge is 2.35. The van der Waals surface area contributed by atoms with Gasteiger partial charge in [0.05, 0.1) is 4.79 Å². The van der Waals surface area contributed by atoms with Gasteiger partial charge in [0, 0.05) is 0 Å². The lowest BCUT2D eigenvalue weighted by Gasteiger charge is -1.94. The minimum atomic E-state index is -0.939. The van der Waals surface area contributed by atoms with Crippen LogP contribution in [0.15, 0.2) is 0 Å². The molecule has 1 aromatic heterocycles. The Kier molecular flexibility index (Phi) is 2.16. The topological polar surface area (TPSA) is 168 Å². The van der Waals surface area contributed by atoms with Crippen molar-refractivity contribution < 1.29 is 9.85 Å². The molecule has 0 aliphatic rings. The van der Waals surface area contributed by atoms with Crippen molar-refractivity contribution in [1.29, 1.82) is 0 Å². The number of rotatable bonds is 3. The molecule has 1 rings (SSSR count). The number of nitrogens with two attached hydrogens (primary N) is 2. The highest BCUT2D eigenvalue weighted by molar-refractivity contribution is 5.68. The van der Waals surface area contributed by atoms with Gasteiger partial charge in [0.25, 0.3) is 5.69 Å². The number of aromatic nitrogens is 2. The van der Waals surface area contributed by atoms with Gasteiger partial charge in [0.2, 0.25) is 0 Å². The Morgan fingerprint density at radius 1 is 1.36 bits per heavy atom. The van der Waals surface area contributed by atoms with Crippen LogP contribution in [0, 0.1) is 20.2 Å². The minimum Gasteiger partial charge on any atom is -0.358 e. The van der Waals surface area contributed by atoms with Gasteiger partial charge in [-0.1, -0.05) is 0 Å². The fraction of sp³-hybridized carbons (Fsp3) is 0. The first-order chi connectivity index (χ1) is 6.49. The average molecular weight is 203 g/mol. The Hall–Kier alpha value is -2.43. The quantitative estimate of drug-likeness (QED) is 0.309. The third-order valence-electron chi connectivity index (χ3n) is 1.36. The zero-order chi connectivity index (χ0) is 10.9. The molecule has 0 spiro atoms. The monoisotopic (exact) mass is 203 g/mol. The number of hydrazine groups is 1. The van der Waals surface area contributed by atoms with E-state index in [4.69, 9.17) is 11.7 Å². The van der Waals surface area contributed by atoms with Gasteiger partial charge >= 0.3 is 11.6 Å². The molecule has 0 saturated carbocycles. The van der Waals surface area contributed by atoms with Crippen LogP contribution < -0.4 is 17.1 Å². The molecule has 0 bridgehead atoms. The van der Waals surface area contributed by atoms with E-state index in [0.29, 0.717) is 0 Å². The third kappa shape index (κ3) is 1.27. The summed E-state index contributed by atoms with van der Waals surface area (Å²) in [6.07, 6.45) is 0. The summed E-state index contributed by atoms with van der Waals surface area (Å²) in [7, 11) is 0. The zero-order valence-electron chi connectivity index (χ0n) is 6.58. The normalized spacial score (nSPS) is 9.79. The summed E-state index contributed by atoms with van der Waals surface area (Å²) in [4.78, 5) is 19.1. The first kappa shape index (κ1) is 9.66. The first-order valence-corrected chi connectivity index (χ1v) is 3.12. The number of nitrogen functional groups attached to an aromatic ring is 2. The van der Waals surface area contributed by atoms with Crippen molar-refractivity contribution in [3.05, 3.63) is 20.2 Å². The minimum absolute atomic E-state index is 0.271. The molecule has 1 heterocycles. The SMILES string of the molecule is NNc1c([N+](=O)[O-])nn(N)c1[N+](=O)[O-]. The highest BCUT2D eigenvalue weighted by atomic mass is 16.6. The number of hydrogen-bond donors (Lipinski definition) is 3. The second-order valence-electron chi connectivity index (χ2n) is 2.13. The van der Waals surface area contributed by atoms with Crippen LogP contribution in [0.1, 0.15) is 0 Å². The Labute approximate surface area is 75.5 Å². The summed E-state index contributed by atoms with van der Waals surface area (Å²) < 4.78 is 0. The molecule has 0 aliphatic heterocycles. The standard InChI is InChI=1S/C3H5N7O4/c4-6-1-2(9(11)12)7-8(5)3(1)10(13)14/h6H,4-5H2. The molecule has 0 aromatic carbocycles. The van der Waals surface area contributed by atoms with Crippen LogP contribution in [0.2, 0.25) is 0 Å². The maximum atomic E-state index is 10.4.